The summed E-state index contributed by atoms with van der Waals surface area (Å²) < 4.78 is 26.5. The molecular weight excluding hydrogens is 372 g/mol. The molecule has 0 bridgehead atoms. The molecule has 0 radical (unpaired) electrons. The number of rotatable bonds is 3. The Labute approximate surface area is 156 Å². The zero-order chi connectivity index (χ0) is 18.4. The molecule has 2 aliphatic heterocycles. The lowest BCUT2D eigenvalue weighted by Gasteiger charge is -2.27. The second kappa shape index (κ2) is 6.37. The largest absolute Gasteiger partial charge is 0.389 e. The summed E-state index contributed by atoms with van der Waals surface area (Å²) in [6.07, 6.45) is -0.491. The number of carbonyl (C=O) groups is 1. The van der Waals surface area contributed by atoms with Crippen LogP contribution in [-0.4, -0.2) is 54.8 Å². The first-order valence-corrected chi connectivity index (χ1v) is 10.8. The molecule has 4 rings (SSSR count). The number of sulfonamides is 1. The zero-order valence-corrected chi connectivity index (χ0v) is 15.7. The molecule has 138 valence electrons. The second-order valence-corrected chi connectivity index (χ2v) is 10.0. The number of para-hydroxylation sites is 1. The van der Waals surface area contributed by atoms with Crippen molar-refractivity contribution in [1.82, 2.24) is 4.90 Å². The standard InChI is InChI=1S/C18H20N2O4S2/c21-16-12-20(14-5-2-1-3-6-14)26(23,24)18(16)8-9-19(13-18)17(22)11-15-7-4-10-25-15/h1-7,10,16,21H,8-9,11-13H2/t16-,18-/m1/s1. The lowest BCUT2D eigenvalue weighted by molar-refractivity contribution is -0.129. The molecule has 3 heterocycles. The van der Waals surface area contributed by atoms with E-state index >= 15 is 0 Å². The third kappa shape index (κ3) is 2.64. The van der Waals surface area contributed by atoms with Crippen molar-refractivity contribution in [2.24, 2.45) is 0 Å². The summed E-state index contributed by atoms with van der Waals surface area (Å²) >= 11 is 1.51. The normalized spacial score (nSPS) is 27.3. The van der Waals surface area contributed by atoms with Crippen LogP contribution in [-0.2, 0) is 21.2 Å². The molecule has 2 saturated heterocycles. The molecule has 6 nitrogen and oxygen atoms in total. The lowest BCUT2D eigenvalue weighted by atomic mass is 10.0. The smallest absolute Gasteiger partial charge is 0.245 e. The van der Waals surface area contributed by atoms with Gasteiger partial charge in [0.25, 0.3) is 0 Å². The van der Waals surface area contributed by atoms with E-state index in [1.807, 2.05) is 23.6 Å². The average molecular weight is 393 g/mol. The van der Waals surface area contributed by atoms with Crippen LogP contribution in [0.1, 0.15) is 11.3 Å². The predicted molar refractivity (Wildman–Crippen MR) is 101 cm³/mol. The fraction of sp³-hybridized carbons (Fsp3) is 0.389. The van der Waals surface area contributed by atoms with Gasteiger partial charge in [-0.05, 0) is 30.0 Å². The molecule has 2 fully saturated rings. The number of anilines is 1. The molecule has 1 aromatic heterocycles. The van der Waals surface area contributed by atoms with Gasteiger partial charge in [-0.3, -0.25) is 9.10 Å². The minimum Gasteiger partial charge on any atom is -0.389 e. The van der Waals surface area contributed by atoms with E-state index in [1.165, 1.54) is 15.6 Å². The minimum atomic E-state index is -3.77. The Kier molecular flexibility index (Phi) is 4.29. The van der Waals surface area contributed by atoms with Crippen molar-refractivity contribution >= 4 is 33.0 Å². The number of likely N-dealkylation sites (tertiary alicyclic amines) is 1. The van der Waals surface area contributed by atoms with E-state index in [1.54, 1.807) is 29.2 Å². The van der Waals surface area contributed by atoms with Gasteiger partial charge in [0.2, 0.25) is 15.9 Å². The fourth-order valence-corrected chi connectivity index (χ4v) is 6.78. The van der Waals surface area contributed by atoms with Crippen LogP contribution in [0.2, 0.25) is 0 Å². The average Bonchev–Trinajstić information content (AvgIpc) is 3.33. The Balaban J connectivity index is 1.58. The monoisotopic (exact) mass is 392 g/mol. The number of hydrogen-bond acceptors (Lipinski definition) is 5. The number of benzene rings is 1. The molecule has 0 unspecified atom stereocenters. The van der Waals surface area contributed by atoms with Crippen LogP contribution in [0.15, 0.2) is 47.8 Å². The van der Waals surface area contributed by atoms with E-state index in [4.69, 9.17) is 0 Å². The van der Waals surface area contributed by atoms with Crippen LogP contribution in [0, 0.1) is 0 Å². The number of carbonyl (C=O) groups excluding carboxylic acids is 1. The highest BCUT2D eigenvalue weighted by atomic mass is 32.2. The van der Waals surface area contributed by atoms with Crippen molar-refractivity contribution < 1.29 is 18.3 Å². The first kappa shape index (κ1) is 17.5. The van der Waals surface area contributed by atoms with E-state index in [2.05, 4.69) is 0 Å². The number of nitrogens with zero attached hydrogens (tertiary/aromatic N) is 2. The van der Waals surface area contributed by atoms with Crippen molar-refractivity contribution in [1.29, 1.82) is 0 Å². The Morgan fingerprint density at radius 2 is 2.00 bits per heavy atom. The van der Waals surface area contributed by atoms with E-state index < -0.39 is 20.9 Å². The summed E-state index contributed by atoms with van der Waals surface area (Å²) in [6.45, 7) is 0.423. The maximum absolute atomic E-state index is 13.2. The van der Waals surface area contributed by atoms with Gasteiger partial charge >= 0.3 is 0 Å². The van der Waals surface area contributed by atoms with Crippen LogP contribution in [0.25, 0.3) is 0 Å². The van der Waals surface area contributed by atoms with Crippen molar-refractivity contribution in [3.63, 3.8) is 0 Å². The summed E-state index contributed by atoms with van der Waals surface area (Å²) in [5, 5.41) is 12.6. The number of β-amino-alcohol motifs (C(OH)–C–C–N with tert-alkyl or cyclic N) is 1. The molecular formula is C18H20N2O4S2. The van der Waals surface area contributed by atoms with Gasteiger partial charge in [-0.2, -0.15) is 0 Å². The molecule has 26 heavy (non-hydrogen) atoms. The summed E-state index contributed by atoms with van der Waals surface area (Å²) in [5.74, 6) is -0.0927. The Morgan fingerprint density at radius 3 is 2.69 bits per heavy atom. The van der Waals surface area contributed by atoms with Crippen LogP contribution >= 0.6 is 11.3 Å². The second-order valence-electron chi connectivity index (χ2n) is 6.77. The van der Waals surface area contributed by atoms with Crippen molar-refractivity contribution in [2.75, 3.05) is 23.9 Å². The Bertz CT molecular complexity index is 899. The van der Waals surface area contributed by atoms with E-state index in [9.17, 15) is 18.3 Å². The SMILES string of the molecule is O=C(Cc1cccs1)N1CC[C@@]2(C1)[C@H](O)CN(c1ccccc1)S2(=O)=O. The van der Waals surface area contributed by atoms with Gasteiger partial charge in [-0.25, -0.2) is 8.42 Å². The quantitative estimate of drug-likeness (QED) is 0.858. The van der Waals surface area contributed by atoms with Gasteiger partial charge in [-0.15, -0.1) is 11.3 Å². The highest BCUT2D eigenvalue weighted by molar-refractivity contribution is 7.94. The van der Waals surface area contributed by atoms with E-state index in [0.29, 0.717) is 12.2 Å². The number of aliphatic hydroxyl groups excluding tert-OH is 1. The molecule has 8 heteroatoms. The number of amides is 1. The first-order chi connectivity index (χ1) is 12.4. The third-order valence-corrected chi connectivity index (χ3v) is 8.77. The third-order valence-electron chi connectivity index (χ3n) is 5.32. The number of aliphatic hydroxyl groups is 1. The van der Waals surface area contributed by atoms with Crippen molar-refractivity contribution in [3.8, 4) is 0 Å². The van der Waals surface area contributed by atoms with E-state index in [0.717, 1.165) is 4.88 Å². The predicted octanol–water partition coefficient (Wildman–Crippen LogP) is 1.47. The van der Waals surface area contributed by atoms with Crippen LogP contribution in [0.4, 0.5) is 5.69 Å². The zero-order valence-electron chi connectivity index (χ0n) is 14.1. The van der Waals surface area contributed by atoms with Crippen LogP contribution < -0.4 is 4.31 Å². The molecule has 1 spiro atoms. The van der Waals surface area contributed by atoms with Gasteiger partial charge in [-0.1, -0.05) is 24.3 Å². The van der Waals surface area contributed by atoms with Gasteiger partial charge in [0.1, 0.15) is 4.75 Å². The maximum atomic E-state index is 13.2. The topological polar surface area (TPSA) is 77.9 Å². The van der Waals surface area contributed by atoms with Gasteiger partial charge in [0.05, 0.1) is 24.8 Å². The molecule has 1 amide bonds. The van der Waals surface area contributed by atoms with Crippen molar-refractivity contribution in [3.05, 3.63) is 52.7 Å². The summed E-state index contributed by atoms with van der Waals surface area (Å²) in [7, 11) is -3.77. The van der Waals surface area contributed by atoms with Gasteiger partial charge in [0, 0.05) is 18.0 Å². The fourth-order valence-electron chi connectivity index (χ4n) is 3.83. The summed E-state index contributed by atoms with van der Waals surface area (Å²) in [5.41, 5.74) is 0.548. The summed E-state index contributed by atoms with van der Waals surface area (Å²) in [6, 6.07) is 12.6. The van der Waals surface area contributed by atoms with Crippen LogP contribution in [0.5, 0.6) is 0 Å². The molecule has 0 saturated carbocycles. The molecule has 2 aliphatic rings. The molecule has 2 atom stereocenters. The molecule has 2 aromatic rings. The lowest BCUT2D eigenvalue weighted by Crippen LogP contribution is -2.48. The molecule has 1 N–H and O–H groups in total. The number of thiophene rings is 1. The van der Waals surface area contributed by atoms with Crippen molar-refractivity contribution in [2.45, 2.75) is 23.7 Å². The number of hydrogen-bond donors (Lipinski definition) is 1. The highest BCUT2D eigenvalue weighted by Crippen LogP contribution is 2.43. The van der Waals surface area contributed by atoms with Crippen LogP contribution in [0.3, 0.4) is 0 Å². The first-order valence-electron chi connectivity index (χ1n) is 8.50. The summed E-state index contributed by atoms with van der Waals surface area (Å²) in [4.78, 5) is 15.1. The minimum absolute atomic E-state index is 0.0271. The Morgan fingerprint density at radius 1 is 1.23 bits per heavy atom. The van der Waals surface area contributed by atoms with E-state index in [-0.39, 0.29) is 31.8 Å². The highest BCUT2D eigenvalue weighted by Gasteiger charge is 2.62. The Hall–Kier alpha value is -1.90. The molecule has 0 aliphatic carbocycles. The van der Waals surface area contributed by atoms with Gasteiger partial charge in [0.15, 0.2) is 0 Å². The molecule has 1 aromatic carbocycles. The maximum Gasteiger partial charge on any atom is 0.245 e. The van der Waals surface area contributed by atoms with Gasteiger partial charge < -0.3 is 10.0 Å².